The maximum absolute atomic E-state index is 11.1. The zero-order valence-corrected chi connectivity index (χ0v) is 8.04. The van der Waals surface area contributed by atoms with Gasteiger partial charge in [0.15, 0.2) is 0 Å². The molecule has 0 unspecified atom stereocenters. The number of rotatable bonds is 2. The fourth-order valence-corrected chi connectivity index (χ4v) is 1.69. The molecule has 0 aliphatic rings. The van der Waals surface area contributed by atoms with Crippen LogP contribution in [0.4, 0.5) is 5.69 Å². The third kappa shape index (κ3) is 1.89. The highest BCUT2D eigenvalue weighted by Gasteiger charge is 2.11. The Hall–Kier alpha value is -0.740. The SMILES string of the molecule is CCOC(=O)c1cc(N)c(Cl)s1. The molecule has 0 atom stereocenters. The van der Waals surface area contributed by atoms with Crippen molar-refractivity contribution in [3.63, 3.8) is 0 Å². The zero-order valence-electron chi connectivity index (χ0n) is 6.46. The van der Waals surface area contributed by atoms with Crippen LogP contribution in [0.3, 0.4) is 0 Å². The van der Waals surface area contributed by atoms with Gasteiger partial charge in [-0.2, -0.15) is 0 Å². The minimum Gasteiger partial charge on any atom is -0.462 e. The Balaban J connectivity index is 2.82. The minimum absolute atomic E-state index is 0.355. The lowest BCUT2D eigenvalue weighted by molar-refractivity contribution is 0.0532. The Morgan fingerprint density at radius 3 is 2.92 bits per heavy atom. The fraction of sp³-hybridized carbons (Fsp3) is 0.286. The van der Waals surface area contributed by atoms with E-state index < -0.39 is 0 Å². The average Bonchev–Trinajstić information content (AvgIpc) is 2.33. The molecule has 12 heavy (non-hydrogen) atoms. The van der Waals surface area contributed by atoms with E-state index in [0.717, 1.165) is 11.3 Å². The largest absolute Gasteiger partial charge is 0.462 e. The Morgan fingerprint density at radius 1 is 1.83 bits per heavy atom. The summed E-state index contributed by atoms with van der Waals surface area (Å²) < 4.78 is 5.18. The lowest BCUT2D eigenvalue weighted by atomic mass is 10.4. The highest BCUT2D eigenvalue weighted by Crippen LogP contribution is 2.29. The van der Waals surface area contributed by atoms with Crippen LogP contribution in [0.1, 0.15) is 16.6 Å². The summed E-state index contributed by atoms with van der Waals surface area (Å²) in [5, 5.41) is 0. The molecule has 0 aliphatic carbocycles. The Bertz CT molecular complexity index is 278. The predicted octanol–water partition coefficient (Wildman–Crippen LogP) is 2.16. The molecule has 2 N–H and O–H groups in total. The van der Waals surface area contributed by atoms with Crippen LogP contribution in [0.2, 0.25) is 4.34 Å². The molecule has 66 valence electrons. The lowest BCUT2D eigenvalue weighted by Crippen LogP contribution is -2.01. The molecule has 0 bridgehead atoms. The van der Waals surface area contributed by atoms with Crippen molar-refractivity contribution in [3.05, 3.63) is 15.3 Å². The topological polar surface area (TPSA) is 52.3 Å². The third-order valence-electron chi connectivity index (χ3n) is 1.19. The van der Waals surface area contributed by atoms with Crippen molar-refractivity contribution >= 4 is 34.6 Å². The average molecular weight is 206 g/mol. The first kappa shape index (κ1) is 9.35. The summed E-state index contributed by atoms with van der Waals surface area (Å²) in [6.45, 7) is 2.10. The molecule has 0 aromatic carbocycles. The number of esters is 1. The number of nitrogen functional groups attached to an aromatic ring is 1. The smallest absolute Gasteiger partial charge is 0.348 e. The molecule has 1 aromatic rings. The maximum Gasteiger partial charge on any atom is 0.348 e. The summed E-state index contributed by atoms with van der Waals surface area (Å²) in [5.41, 5.74) is 5.87. The Kier molecular flexibility index (Phi) is 2.94. The molecule has 3 nitrogen and oxygen atoms in total. The number of halogens is 1. The number of thiophene rings is 1. The van der Waals surface area contributed by atoms with Gasteiger partial charge in [-0.1, -0.05) is 11.6 Å². The normalized spacial score (nSPS) is 9.83. The maximum atomic E-state index is 11.1. The number of ether oxygens (including phenoxy) is 1. The van der Waals surface area contributed by atoms with Crippen LogP contribution in [0, 0.1) is 0 Å². The van der Waals surface area contributed by atoms with E-state index in [2.05, 4.69) is 0 Å². The van der Waals surface area contributed by atoms with Crippen molar-refractivity contribution in [1.29, 1.82) is 0 Å². The first-order chi connectivity index (χ1) is 5.65. The van der Waals surface area contributed by atoms with Crippen LogP contribution in [-0.4, -0.2) is 12.6 Å². The van der Waals surface area contributed by atoms with Crippen molar-refractivity contribution in [1.82, 2.24) is 0 Å². The highest BCUT2D eigenvalue weighted by atomic mass is 35.5. The second-order valence-electron chi connectivity index (χ2n) is 2.06. The lowest BCUT2D eigenvalue weighted by Gasteiger charge is -1.95. The summed E-state index contributed by atoms with van der Waals surface area (Å²) in [7, 11) is 0. The van der Waals surface area contributed by atoms with Gasteiger partial charge < -0.3 is 10.5 Å². The van der Waals surface area contributed by atoms with E-state index in [1.165, 1.54) is 6.07 Å². The molecule has 1 rings (SSSR count). The van der Waals surface area contributed by atoms with Crippen molar-refractivity contribution in [2.75, 3.05) is 12.3 Å². The van der Waals surface area contributed by atoms with Crippen LogP contribution in [0.5, 0.6) is 0 Å². The van der Waals surface area contributed by atoms with E-state index in [1.54, 1.807) is 6.92 Å². The van der Waals surface area contributed by atoms with Gasteiger partial charge in [0, 0.05) is 0 Å². The molecule has 0 radical (unpaired) electrons. The summed E-state index contributed by atoms with van der Waals surface area (Å²) >= 11 is 6.79. The molecule has 0 fully saturated rings. The first-order valence-corrected chi connectivity index (χ1v) is 4.56. The summed E-state index contributed by atoms with van der Waals surface area (Å²) in [4.78, 5) is 11.5. The van der Waals surface area contributed by atoms with E-state index in [9.17, 15) is 4.79 Å². The van der Waals surface area contributed by atoms with E-state index in [-0.39, 0.29) is 5.97 Å². The molecule has 0 saturated heterocycles. The van der Waals surface area contributed by atoms with E-state index >= 15 is 0 Å². The molecule has 1 aromatic heterocycles. The number of carbonyl (C=O) groups excluding carboxylic acids is 1. The van der Waals surface area contributed by atoms with Gasteiger partial charge in [0.2, 0.25) is 0 Å². The summed E-state index contributed by atoms with van der Waals surface area (Å²) in [6.07, 6.45) is 0. The molecule has 5 heteroatoms. The molecule has 1 heterocycles. The van der Waals surface area contributed by atoms with Crippen molar-refractivity contribution in [2.24, 2.45) is 0 Å². The zero-order chi connectivity index (χ0) is 9.14. The first-order valence-electron chi connectivity index (χ1n) is 3.37. The van der Waals surface area contributed by atoms with Gasteiger partial charge in [-0.3, -0.25) is 0 Å². The molecule has 0 spiro atoms. The monoisotopic (exact) mass is 205 g/mol. The van der Waals surface area contributed by atoms with E-state index in [0.29, 0.717) is 21.5 Å². The molecule has 0 saturated carbocycles. The second-order valence-corrected chi connectivity index (χ2v) is 3.71. The number of carbonyl (C=O) groups is 1. The van der Waals surface area contributed by atoms with Gasteiger partial charge in [-0.15, -0.1) is 11.3 Å². The van der Waals surface area contributed by atoms with Gasteiger partial charge in [0.1, 0.15) is 9.21 Å². The van der Waals surface area contributed by atoms with Crippen molar-refractivity contribution in [3.8, 4) is 0 Å². The molecule has 0 amide bonds. The van der Waals surface area contributed by atoms with Gasteiger partial charge in [0.25, 0.3) is 0 Å². The van der Waals surface area contributed by atoms with Crippen LogP contribution in [0.15, 0.2) is 6.07 Å². The van der Waals surface area contributed by atoms with Crippen LogP contribution < -0.4 is 5.73 Å². The quantitative estimate of drug-likeness (QED) is 0.753. The summed E-state index contributed by atoms with van der Waals surface area (Å²) in [5.74, 6) is -0.374. The van der Waals surface area contributed by atoms with Gasteiger partial charge >= 0.3 is 5.97 Å². The number of hydrogen-bond acceptors (Lipinski definition) is 4. The van der Waals surface area contributed by atoms with E-state index in [1.807, 2.05) is 0 Å². The minimum atomic E-state index is -0.374. The second kappa shape index (κ2) is 3.78. The van der Waals surface area contributed by atoms with Crippen LogP contribution in [-0.2, 0) is 4.74 Å². The molecular weight excluding hydrogens is 198 g/mol. The highest BCUT2D eigenvalue weighted by molar-refractivity contribution is 7.18. The van der Waals surface area contributed by atoms with Crippen molar-refractivity contribution < 1.29 is 9.53 Å². The molecular formula is C7H8ClNO2S. The Labute approximate surface area is 79.1 Å². The number of anilines is 1. The van der Waals surface area contributed by atoms with Gasteiger partial charge in [-0.25, -0.2) is 4.79 Å². The van der Waals surface area contributed by atoms with Gasteiger partial charge in [-0.05, 0) is 13.0 Å². The number of hydrogen-bond donors (Lipinski definition) is 1. The molecule has 0 aliphatic heterocycles. The predicted molar refractivity (Wildman–Crippen MR) is 49.7 cm³/mol. The van der Waals surface area contributed by atoms with Crippen molar-refractivity contribution in [2.45, 2.75) is 6.92 Å². The van der Waals surface area contributed by atoms with Gasteiger partial charge in [0.05, 0.1) is 12.3 Å². The van der Waals surface area contributed by atoms with E-state index in [4.69, 9.17) is 22.1 Å². The Morgan fingerprint density at radius 2 is 2.50 bits per heavy atom. The standard InChI is InChI=1S/C7H8ClNO2S/c1-2-11-7(10)5-3-4(9)6(8)12-5/h3H,2,9H2,1H3. The van der Waals surface area contributed by atoms with Crippen LogP contribution >= 0.6 is 22.9 Å². The number of nitrogens with two attached hydrogens (primary N) is 1. The van der Waals surface area contributed by atoms with Crippen LogP contribution in [0.25, 0.3) is 0 Å². The third-order valence-corrected chi connectivity index (χ3v) is 2.56. The fourth-order valence-electron chi connectivity index (χ4n) is 0.686. The summed E-state index contributed by atoms with van der Waals surface area (Å²) in [6, 6.07) is 1.52.